The number of aliphatic hydroxyl groups is 1. The summed E-state index contributed by atoms with van der Waals surface area (Å²) in [5.74, 6) is 0. The van der Waals surface area contributed by atoms with Gasteiger partial charge in [-0.3, -0.25) is 4.90 Å². The molecule has 118 valence electrons. The predicted molar refractivity (Wildman–Crippen MR) is 86.5 cm³/mol. The summed E-state index contributed by atoms with van der Waals surface area (Å²) in [6.45, 7) is 6.01. The van der Waals surface area contributed by atoms with E-state index in [1.54, 1.807) is 0 Å². The van der Waals surface area contributed by atoms with Gasteiger partial charge in [0.1, 0.15) is 0 Å². The molecule has 0 radical (unpaired) electrons. The first-order chi connectivity index (χ1) is 10.1. The first-order valence-corrected chi connectivity index (χ1v) is 8.20. The average molecular weight is 291 g/mol. The van der Waals surface area contributed by atoms with E-state index in [2.05, 4.69) is 37.9 Å². The third-order valence-electron chi connectivity index (χ3n) is 4.65. The fourth-order valence-corrected chi connectivity index (χ4v) is 2.91. The molecule has 1 heterocycles. The molecule has 0 aliphatic carbocycles. The van der Waals surface area contributed by atoms with Crippen LogP contribution in [-0.4, -0.2) is 42.4 Å². The van der Waals surface area contributed by atoms with Crippen molar-refractivity contribution >= 4 is 0 Å². The number of aliphatic hydroxyl groups excluding tert-OH is 1. The van der Waals surface area contributed by atoms with E-state index in [-0.39, 0.29) is 6.04 Å². The van der Waals surface area contributed by atoms with Crippen LogP contribution >= 0.6 is 0 Å². The zero-order valence-electron chi connectivity index (χ0n) is 13.6. The standard InChI is InChI=1S/C18H29NO2/c1-4-15-8-10-16(11-9-15)18(20)14(2)19(3)13-17-7-5-6-12-21-17/h8-11,14,17-18,20H,4-7,12-13H2,1-3H3. The van der Waals surface area contributed by atoms with Gasteiger partial charge in [0.25, 0.3) is 0 Å². The Balaban J connectivity index is 1.91. The van der Waals surface area contributed by atoms with Crippen molar-refractivity contribution in [2.75, 3.05) is 20.2 Å². The van der Waals surface area contributed by atoms with E-state index < -0.39 is 6.10 Å². The van der Waals surface area contributed by atoms with Gasteiger partial charge in [-0.2, -0.15) is 0 Å². The summed E-state index contributed by atoms with van der Waals surface area (Å²) in [5.41, 5.74) is 2.30. The van der Waals surface area contributed by atoms with Crippen LogP contribution in [0.3, 0.4) is 0 Å². The quantitative estimate of drug-likeness (QED) is 0.874. The minimum absolute atomic E-state index is 0.0861. The molecule has 21 heavy (non-hydrogen) atoms. The Bertz CT molecular complexity index is 412. The SMILES string of the molecule is CCc1ccc(C(O)C(C)N(C)CC2CCCCO2)cc1. The predicted octanol–water partition coefficient (Wildman–Crippen LogP) is 3.17. The fourth-order valence-electron chi connectivity index (χ4n) is 2.91. The minimum Gasteiger partial charge on any atom is -0.387 e. The van der Waals surface area contributed by atoms with Crippen LogP contribution in [0.15, 0.2) is 24.3 Å². The second kappa shape index (κ2) is 7.92. The van der Waals surface area contributed by atoms with Crippen LogP contribution in [0.1, 0.15) is 50.3 Å². The molecule has 0 amide bonds. The number of likely N-dealkylation sites (N-methyl/N-ethyl adjacent to an activating group) is 1. The van der Waals surface area contributed by atoms with Crippen molar-refractivity contribution in [2.24, 2.45) is 0 Å². The van der Waals surface area contributed by atoms with Crippen molar-refractivity contribution in [3.63, 3.8) is 0 Å². The lowest BCUT2D eigenvalue weighted by atomic mass is 10.00. The average Bonchev–Trinajstić information content (AvgIpc) is 2.54. The number of nitrogens with zero attached hydrogens (tertiary/aromatic N) is 1. The molecule has 0 bridgehead atoms. The van der Waals surface area contributed by atoms with E-state index in [9.17, 15) is 5.11 Å². The van der Waals surface area contributed by atoms with E-state index in [0.29, 0.717) is 6.10 Å². The summed E-state index contributed by atoms with van der Waals surface area (Å²) in [4.78, 5) is 2.22. The Labute approximate surface area is 128 Å². The largest absolute Gasteiger partial charge is 0.387 e. The highest BCUT2D eigenvalue weighted by Crippen LogP contribution is 2.22. The molecule has 1 saturated heterocycles. The first-order valence-electron chi connectivity index (χ1n) is 8.20. The second-order valence-electron chi connectivity index (χ2n) is 6.21. The van der Waals surface area contributed by atoms with E-state index in [4.69, 9.17) is 4.74 Å². The maximum absolute atomic E-state index is 10.6. The topological polar surface area (TPSA) is 32.7 Å². The second-order valence-corrected chi connectivity index (χ2v) is 6.21. The van der Waals surface area contributed by atoms with Crippen LogP contribution in [0.5, 0.6) is 0 Å². The number of hydrogen-bond acceptors (Lipinski definition) is 3. The molecule has 0 aromatic heterocycles. The van der Waals surface area contributed by atoms with Gasteiger partial charge in [0.15, 0.2) is 0 Å². The summed E-state index contributed by atoms with van der Waals surface area (Å²) in [6, 6.07) is 8.39. The molecule has 1 aliphatic heterocycles. The molecule has 3 unspecified atom stereocenters. The van der Waals surface area contributed by atoms with Gasteiger partial charge >= 0.3 is 0 Å². The van der Waals surface area contributed by atoms with Crippen LogP contribution in [0.4, 0.5) is 0 Å². The maximum atomic E-state index is 10.6. The molecule has 1 aromatic carbocycles. The van der Waals surface area contributed by atoms with Crippen LogP contribution in [0.2, 0.25) is 0 Å². The summed E-state index contributed by atoms with van der Waals surface area (Å²) in [5, 5.41) is 10.6. The molecule has 0 saturated carbocycles. The molecule has 0 spiro atoms. The van der Waals surface area contributed by atoms with Crippen molar-refractivity contribution in [3.05, 3.63) is 35.4 Å². The van der Waals surface area contributed by atoms with Gasteiger partial charge in [-0.1, -0.05) is 31.2 Å². The summed E-state index contributed by atoms with van der Waals surface area (Å²) < 4.78 is 5.79. The Morgan fingerprint density at radius 3 is 2.57 bits per heavy atom. The molecule has 1 aromatic rings. The number of benzene rings is 1. The highest BCUT2D eigenvalue weighted by Gasteiger charge is 2.24. The molecular formula is C18H29NO2. The lowest BCUT2D eigenvalue weighted by Crippen LogP contribution is -2.41. The Morgan fingerprint density at radius 1 is 1.29 bits per heavy atom. The smallest absolute Gasteiger partial charge is 0.0942 e. The highest BCUT2D eigenvalue weighted by atomic mass is 16.5. The minimum atomic E-state index is -0.454. The zero-order valence-corrected chi connectivity index (χ0v) is 13.6. The molecule has 3 atom stereocenters. The summed E-state index contributed by atoms with van der Waals surface area (Å²) in [6.07, 6.45) is 4.48. The normalized spacial score (nSPS) is 22.2. The molecule has 1 N–H and O–H groups in total. The molecule has 1 aliphatic rings. The van der Waals surface area contributed by atoms with Gasteiger partial charge in [-0.05, 0) is 50.8 Å². The third-order valence-corrected chi connectivity index (χ3v) is 4.65. The lowest BCUT2D eigenvalue weighted by molar-refractivity contribution is -0.0208. The molecule has 3 heteroatoms. The van der Waals surface area contributed by atoms with Crippen molar-refractivity contribution in [1.29, 1.82) is 0 Å². The van der Waals surface area contributed by atoms with Crippen LogP contribution in [0, 0.1) is 0 Å². The van der Waals surface area contributed by atoms with Crippen LogP contribution < -0.4 is 0 Å². The summed E-state index contributed by atoms with van der Waals surface area (Å²) in [7, 11) is 2.08. The first kappa shape index (κ1) is 16.5. The molecule has 1 fully saturated rings. The lowest BCUT2D eigenvalue weighted by Gasteiger charge is -2.33. The van der Waals surface area contributed by atoms with Gasteiger partial charge in [0.2, 0.25) is 0 Å². The van der Waals surface area contributed by atoms with Crippen LogP contribution in [0.25, 0.3) is 0 Å². The van der Waals surface area contributed by atoms with E-state index in [0.717, 1.165) is 31.6 Å². The van der Waals surface area contributed by atoms with E-state index in [1.165, 1.54) is 18.4 Å². The Morgan fingerprint density at radius 2 is 2.00 bits per heavy atom. The van der Waals surface area contributed by atoms with E-state index >= 15 is 0 Å². The van der Waals surface area contributed by atoms with Gasteiger partial charge in [0, 0.05) is 19.2 Å². The Kier molecular flexibility index (Phi) is 6.22. The van der Waals surface area contributed by atoms with Gasteiger partial charge in [-0.25, -0.2) is 0 Å². The number of hydrogen-bond donors (Lipinski definition) is 1. The van der Waals surface area contributed by atoms with Crippen LogP contribution in [-0.2, 0) is 11.2 Å². The number of aryl methyl sites for hydroxylation is 1. The molecular weight excluding hydrogens is 262 g/mol. The van der Waals surface area contributed by atoms with Crippen molar-refractivity contribution in [1.82, 2.24) is 4.90 Å². The van der Waals surface area contributed by atoms with Gasteiger partial charge in [0.05, 0.1) is 12.2 Å². The maximum Gasteiger partial charge on any atom is 0.0942 e. The number of rotatable bonds is 6. The third kappa shape index (κ3) is 4.53. The number of ether oxygens (including phenoxy) is 1. The summed E-state index contributed by atoms with van der Waals surface area (Å²) >= 11 is 0. The van der Waals surface area contributed by atoms with Crippen molar-refractivity contribution in [3.8, 4) is 0 Å². The van der Waals surface area contributed by atoms with Crippen molar-refractivity contribution in [2.45, 2.75) is 57.8 Å². The van der Waals surface area contributed by atoms with Crippen molar-refractivity contribution < 1.29 is 9.84 Å². The molecule has 2 rings (SSSR count). The van der Waals surface area contributed by atoms with Gasteiger partial charge in [-0.15, -0.1) is 0 Å². The fraction of sp³-hybridized carbons (Fsp3) is 0.667. The Hall–Kier alpha value is -0.900. The zero-order chi connectivity index (χ0) is 15.2. The monoisotopic (exact) mass is 291 g/mol. The molecule has 3 nitrogen and oxygen atoms in total. The van der Waals surface area contributed by atoms with Gasteiger partial charge < -0.3 is 9.84 Å². The highest BCUT2D eigenvalue weighted by molar-refractivity contribution is 5.24. The van der Waals surface area contributed by atoms with E-state index in [1.807, 2.05) is 12.1 Å².